The maximum Gasteiger partial charge on any atom is 0.211 e. The number of hydrogen-bond acceptors (Lipinski definition) is 3. The van der Waals surface area contributed by atoms with Crippen molar-refractivity contribution >= 4 is 11.8 Å². The highest BCUT2D eigenvalue weighted by Gasteiger charge is 2.14. The normalized spacial score (nSPS) is 17.8. The molecular formula is C10H18N6. The van der Waals surface area contributed by atoms with Gasteiger partial charge >= 0.3 is 0 Å². The van der Waals surface area contributed by atoms with E-state index in [1.807, 2.05) is 19.3 Å². The molecule has 1 aromatic rings. The SMILES string of the molecule is Cn1ccc(NC(=NC2CCCC2)NN)n1. The summed E-state index contributed by atoms with van der Waals surface area (Å²) in [4.78, 5) is 4.52. The van der Waals surface area contributed by atoms with E-state index in [0.717, 1.165) is 18.7 Å². The van der Waals surface area contributed by atoms with Crippen molar-refractivity contribution in [3.8, 4) is 0 Å². The highest BCUT2D eigenvalue weighted by atomic mass is 15.4. The molecule has 1 heterocycles. The average Bonchev–Trinajstić information content (AvgIpc) is 2.89. The lowest BCUT2D eigenvalue weighted by molar-refractivity contribution is 0.699. The van der Waals surface area contributed by atoms with Gasteiger partial charge in [0.2, 0.25) is 5.96 Å². The molecular weight excluding hydrogens is 204 g/mol. The van der Waals surface area contributed by atoms with E-state index in [1.54, 1.807) is 4.68 Å². The first kappa shape index (κ1) is 10.9. The number of aryl methyl sites for hydroxylation is 1. The fraction of sp³-hybridized carbons (Fsp3) is 0.600. The average molecular weight is 222 g/mol. The fourth-order valence-corrected chi connectivity index (χ4v) is 1.92. The van der Waals surface area contributed by atoms with E-state index < -0.39 is 0 Å². The minimum absolute atomic E-state index is 0.391. The molecule has 1 saturated carbocycles. The molecule has 2 rings (SSSR count). The van der Waals surface area contributed by atoms with Gasteiger partial charge in [0.1, 0.15) is 0 Å². The van der Waals surface area contributed by atoms with Crippen LogP contribution in [-0.4, -0.2) is 21.8 Å². The van der Waals surface area contributed by atoms with Crippen LogP contribution >= 0.6 is 0 Å². The van der Waals surface area contributed by atoms with Crippen molar-refractivity contribution in [3.05, 3.63) is 12.3 Å². The molecule has 1 aliphatic rings. The van der Waals surface area contributed by atoms with Crippen LogP contribution in [0.2, 0.25) is 0 Å². The molecule has 1 aromatic heterocycles. The predicted octanol–water partition coefficient (Wildman–Crippen LogP) is 0.594. The van der Waals surface area contributed by atoms with Crippen LogP contribution in [0.15, 0.2) is 17.3 Å². The lowest BCUT2D eigenvalue weighted by atomic mass is 10.3. The number of guanidine groups is 1. The largest absolute Gasteiger partial charge is 0.308 e. The van der Waals surface area contributed by atoms with Gasteiger partial charge in [-0.3, -0.25) is 10.1 Å². The third-order valence-electron chi connectivity index (χ3n) is 2.73. The van der Waals surface area contributed by atoms with Gasteiger partial charge in [0.25, 0.3) is 0 Å². The van der Waals surface area contributed by atoms with Crippen molar-refractivity contribution in [3.63, 3.8) is 0 Å². The zero-order chi connectivity index (χ0) is 11.4. The minimum atomic E-state index is 0.391. The molecule has 6 heteroatoms. The molecule has 0 saturated heterocycles. The van der Waals surface area contributed by atoms with Gasteiger partial charge in [-0.25, -0.2) is 10.8 Å². The summed E-state index contributed by atoms with van der Waals surface area (Å²) >= 11 is 0. The molecule has 4 N–H and O–H groups in total. The molecule has 0 spiro atoms. The highest BCUT2D eigenvalue weighted by molar-refractivity contribution is 5.92. The van der Waals surface area contributed by atoms with Gasteiger partial charge in [0, 0.05) is 19.3 Å². The predicted molar refractivity (Wildman–Crippen MR) is 63.8 cm³/mol. The summed E-state index contributed by atoms with van der Waals surface area (Å²) in [5.74, 6) is 6.76. The van der Waals surface area contributed by atoms with Crippen molar-refractivity contribution in [2.75, 3.05) is 5.32 Å². The van der Waals surface area contributed by atoms with Crippen molar-refractivity contribution in [2.24, 2.45) is 17.9 Å². The second-order valence-electron chi connectivity index (χ2n) is 4.06. The number of hydrogen-bond donors (Lipinski definition) is 3. The Hall–Kier alpha value is -1.56. The lowest BCUT2D eigenvalue weighted by Crippen LogP contribution is -2.37. The Morgan fingerprint density at radius 1 is 1.56 bits per heavy atom. The van der Waals surface area contributed by atoms with Crippen molar-refractivity contribution < 1.29 is 0 Å². The molecule has 0 radical (unpaired) electrons. The molecule has 0 atom stereocenters. The highest BCUT2D eigenvalue weighted by Crippen LogP contribution is 2.20. The smallest absolute Gasteiger partial charge is 0.211 e. The molecule has 0 bridgehead atoms. The molecule has 0 aliphatic heterocycles. The molecule has 0 aromatic carbocycles. The van der Waals surface area contributed by atoms with Gasteiger partial charge < -0.3 is 5.32 Å². The number of nitrogens with two attached hydrogens (primary N) is 1. The standard InChI is InChI=1S/C10H18N6/c1-16-7-6-9(15-16)13-10(14-11)12-8-4-2-3-5-8/h6-8H,2-5,11H2,1H3,(H2,12,13,14,15). The van der Waals surface area contributed by atoms with Gasteiger partial charge in [-0.15, -0.1) is 0 Å². The Morgan fingerprint density at radius 3 is 2.88 bits per heavy atom. The van der Waals surface area contributed by atoms with Gasteiger partial charge in [0.15, 0.2) is 5.82 Å². The van der Waals surface area contributed by atoms with E-state index in [4.69, 9.17) is 5.84 Å². The zero-order valence-corrected chi connectivity index (χ0v) is 9.48. The first-order valence-electron chi connectivity index (χ1n) is 5.59. The second-order valence-corrected chi connectivity index (χ2v) is 4.06. The van der Waals surface area contributed by atoms with E-state index in [9.17, 15) is 0 Å². The van der Waals surface area contributed by atoms with Crippen LogP contribution in [-0.2, 0) is 7.05 Å². The van der Waals surface area contributed by atoms with Gasteiger partial charge in [-0.2, -0.15) is 5.10 Å². The number of nitrogens with one attached hydrogen (secondary N) is 2. The quantitative estimate of drug-likeness (QED) is 0.296. The van der Waals surface area contributed by atoms with Crippen LogP contribution in [0.3, 0.4) is 0 Å². The van der Waals surface area contributed by atoms with E-state index in [2.05, 4.69) is 20.8 Å². The van der Waals surface area contributed by atoms with Crippen LogP contribution in [0.25, 0.3) is 0 Å². The van der Waals surface area contributed by atoms with Crippen molar-refractivity contribution in [2.45, 2.75) is 31.7 Å². The number of aromatic nitrogens is 2. The third kappa shape index (κ3) is 2.73. The van der Waals surface area contributed by atoms with E-state index in [-0.39, 0.29) is 0 Å². The summed E-state index contributed by atoms with van der Waals surface area (Å²) in [6.45, 7) is 0. The first-order valence-corrected chi connectivity index (χ1v) is 5.59. The Labute approximate surface area is 94.9 Å². The number of aliphatic imine (C=N–C) groups is 1. The van der Waals surface area contributed by atoms with E-state index in [1.165, 1.54) is 12.8 Å². The van der Waals surface area contributed by atoms with Crippen LogP contribution in [0.5, 0.6) is 0 Å². The second kappa shape index (κ2) is 4.98. The summed E-state index contributed by atoms with van der Waals surface area (Å²) in [7, 11) is 1.87. The summed E-state index contributed by atoms with van der Waals surface area (Å²) in [5.41, 5.74) is 2.58. The Kier molecular flexibility index (Phi) is 3.40. The molecule has 16 heavy (non-hydrogen) atoms. The molecule has 1 fully saturated rings. The van der Waals surface area contributed by atoms with Gasteiger partial charge in [-0.05, 0) is 12.8 Å². The Morgan fingerprint density at radius 2 is 2.31 bits per heavy atom. The third-order valence-corrected chi connectivity index (χ3v) is 2.73. The Bertz CT molecular complexity index is 363. The van der Waals surface area contributed by atoms with E-state index in [0.29, 0.717) is 12.0 Å². The lowest BCUT2D eigenvalue weighted by Gasteiger charge is -2.09. The van der Waals surface area contributed by atoms with E-state index >= 15 is 0 Å². The molecule has 0 amide bonds. The zero-order valence-electron chi connectivity index (χ0n) is 9.48. The number of anilines is 1. The topological polar surface area (TPSA) is 80.3 Å². The van der Waals surface area contributed by atoms with Crippen LogP contribution in [0.4, 0.5) is 5.82 Å². The van der Waals surface area contributed by atoms with Crippen LogP contribution in [0, 0.1) is 0 Å². The summed E-state index contributed by atoms with van der Waals surface area (Å²) < 4.78 is 1.73. The molecule has 88 valence electrons. The van der Waals surface area contributed by atoms with Gasteiger partial charge in [0.05, 0.1) is 6.04 Å². The maximum absolute atomic E-state index is 5.43. The fourth-order valence-electron chi connectivity index (χ4n) is 1.92. The summed E-state index contributed by atoms with van der Waals surface area (Å²) in [6, 6.07) is 2.27. The number of rotatable bonds is 2. The van der Waals surface area contributed by atoms with Crippen molar-refractivity contribution in [1.82, 2.24) is 15.2 Å². The first-order chi connectivity index (χ1) is 7.78. The Balaban J connectivity index is 1.99. The molecule has 1 aliphatic carbocycles. The summed E-state index contributed by atoms with van der Waals surface area (Å²) in [5, 5.41) is 7.26. The van der Waals surface area contributed by atoms with Crippen molar-refractivity contribution in [1.29, 1.82) is 0 Å². The number of hydrazine groups is 1. The molecule has 6 nitrogen and oxygen atoms in total. The van der Waals surface area contributed by atoms with Gasteiger partial charge in [-0.1, -0.05) is 12.8 Å². The minimum Gasteiger partial charge on any atom is -0.308 e. The molecule has 0 unspecified atom stereocenters. The monoisotopic (exact) mass is 222 g/mol. The van der Waals surface area contributed by atoms with Crippen LogP contribution < -0.4 is 16.6 Å². The van der Waals surface area contributed by atoms with Crippen LogP contribution in [0.1, 0.15) is 25.7 Å². The summed E-state index contributed by atoms with van der Waals surface area (Å²) in [6.07, 6.45) is 6.68. The maximum atomic E-state index is 5.43. The number of nitrogens with zero attached hydrogens (tertiary/aromatic N) is 3.